The Balaban J connectivity index is 2.79. The number of carbonyl (C=O) groups excluding carboxylic acids is 2. The van der Waals surface area contributed by atoms with Crippen molar-refractivity contribution < 1.29 is 19.2 Å². The molecule has 1 saturated carbocycles. The summed E-state index contributed by atoms with van der Waals surface area (Å²) in [6.45, 7) is 3.86. The predicted molar refractivity (Wildman–Crippen MR) is 80.1 cm³/mol. The number of esters is 1. The molecule has 1 rings (SSSR count). The highest BCUT2D eigenvalue weighted by Crippen LogP contribution is 2.30. The second-order valence-corrected chi connectivity index (χ2v) is 5.73. The third kappa shape index (κ3) is 5.23. The Morgan fingerprint density at radius 3 is 2.30 bits per heavy atom. The third-order valence-corrected chi connectivity index (χ3v) is 3.88. The van der Waals surface area contributed by atoms with E-state index >= 15 is 0 Å². The van der Waals surface area contributed by atoms with E-state index in [0.29, 0.717) is 0 Å². The minimum absolute atomic E-state index is 0.0186. The second kappa shape index (κ2) is 8.39. The number of ether oxygens (including phenoxy) is 1. The Labute approximate surface area is 128 Å². The second-order valence-electron chi connectivity index (χ2n) is 5.17. The third-order valence-electron chi connectivity index (χ3n) is 3.37. The summed E-state index contributed by atoms with van der Waals surface area (Å²) in [5.74, 6) is -1.16. The van der Waals surface area contributed by atoms with Gasteiger partial charge in [-0.25, -0.2) is 4.79 Å². The lowest BCUT2D eigenvalue weighted by molar-refractivity contribution is -0.136. The summed E-state index contributed by atoms with van der Waals surface area (Å²) in [5, 5.41) is 3.83. The maximum Gasteiger partial charge on any atom is 0.364 e. The highest BCUT2D eigenvalue weighted by atomic mass is 79.9. The fourth-order valence-electron chi connectivity index (χ4n) is 2.19. The van der Waals surface area contributed by atoms with Crippen molar-refractivity contribution in [2.24, 2.45) is 5.16 Å². The normalized spacial score (nSPS) is 19.1. The van der Waals surface area contributed by atoms with Gasteiger partial charge in [0.25, 0.3) is 0 Å². The van der Waals surface area contributed by atoms with E-state index in [1.807, 2.05) is 6.92 Å². The van der Waals surface area contributed by atoms with Crippen LogP contribution in [0, 0.1) is 0 Å². The van der Waals surface area contributed by atoms with Crippen LogP contribution in [0.2, 0.25) is 0 Å². The minimum Gasteiger partial charge on any atom is -0.461 e. The molecule has 0 saturated heterocycles. The molecule has 0 N–H and O–H groups in total. The van der Waals surface area contributed by atoms with Gasteiger partial charge in [-0.3, -0.25) is 4.79 Å². The molecule has 0 atom stereocenters. The van der Waals surface area contributed by atoms with Crippen LogP contribution in [0.3, 0.4) is 0 Å². The summed E-state index contributed by atoms with van der Waals surface area (Å²) in [6.07, 6.45) is 6.30. The van der Waals surface area contributed by atoms with Crippen LogP contribution in [-0.4, -0.2) is 35.0 Å². The summed E-state index contributed by atoms with van der Waals surface area (Å²) in [6, 6.07) is 0. The molecule has 1 fully saturated rings. The number of carbonyl (C=O) groups is 2. The molecular weight excluding hydrogens is 326 g/mol. The molecule has 0 aliphatic heterocycles. The number of alkyl halides is 1. The summed E-state index contributed by atoms with van der Waals surface area (Å²) in [7, 11) is 0. The van der Waals surface area contributed by atoms with Crippen molar-refractivity contribution >= 4 is 33.4 Å². The quantitative estimate of drug-likeness (QED) is 0.185. The van der Waals surface area contributed by atoms with E-state index in [9.17, 15) is 9.59 Å². The zero-order chi connectivity index (χ0) is 15.0. The van der Waals surface area contributed by atoms with Crippen molar-refractivity contribution in [3.05, 3.63) is 0 Å². The fourth-order valence-corrected chi connectivity index (χ4v) is 2.45. The van der Waals surface area contributed by atoms with Crippen molar-refractivity contribution in [3.63, 3.8) is 0 Å². The van der Waals surface area contributed by atoms with Gasteiger partial charge in [0.05, 0.1) is 11.9 Å². The van der Waals surface area contributed by atoms with Gasteiger partial charge in [0.2, 0.25) is 11.5 Å². The van der Waals surface area contributed by atoms with Crippen molar-refractivity contribution in [3.8, 4) is 0 Å². The van der Waals surface area contributed by atoms with Crippen LogP contribution in [0.1, 0.15) is 52.4 Å². The standard InChI is InChI=1S/C14H22BrNO4/c1-3-19-13(18)12(11(17)10-15)16-20-14(2)8-6-4-5-7-9-14/h3-10H2,1-2H3/b16-12-. The van der Waals surface area contributed by atoms with Crippen LogP contribution in [0.5, 0.6) is 0 Å². The zero-order valence-corrected chi connectivity index (χ0v) is 13.7. The highest BCUT2D eigenvalue weighted by molar-refractivity contribution is 9.09. The molecule has 20 heavy (non-hydrogen) atoms. The predicted octanol–water partition coefficient (Wildman–Crippen LogP) is 3.00. The monoisotopic (exact) mass is 347 g/mol. The van der Waals surface area contributed by atoms with Gasteiger partial charge < -0.3 is 9.57 Å². The first-order valence-corrected chi connectivity index (χ1v) is 8.17. The van der Waals surface area contributed by atoms with Crippen LogP contribution in [0.4, 0.5) is 0 Å². The van der Waals surface area contributed by atoms with Crippen molar-refractivity contribution in [1.82, 2.24) is 0 Å². The molecule has 0 aromatic carbocycles. The Morgan fingerprint density at radius 1 is 1.20 bits per heavy atom. The summed E-state index contributed by atoms with van der Waals surface area (Å²) < 4.78 is 4.83. The average Bonchev–Trinajstić information content (AvgIpc) is 2.64. The fraction of sp³-hybridized carbons (Fsp3) is 0.786. The van der Waals surface area contributed by atoms with Gasteiger partial charge >= 0.3 is 5.97 Å². The molecule has 1 aliphatic carbocycles. The first kappa shape index (κ1) is 17.1. The van der Waals surface area contributed by atoms with Gasteiger partial charge in [-0.2, -0.15) is 0 Å². The van der Waals surface area contributed by atoms with Crippen molar-refractivity contribution in [2.75, 3.05) is 11.9 Å². The molecule has 5 nitrogen and oxygen atoms in total. The molecule has 0 unspecified atom stereocenters. The SMILES string of the molecule is CCOC(=O)/C(=N\OC1(C)CCCCCC1)C(=O)CBr. The van der Waals surface area contributed by atoms with E-state index in [0.717, 1.165) is 25.7 Å². The Morgan fingerprint density at radius 2 is 1.80 bits per heavy atom. The molecule has 0 spiro atoms. The molecule has 0 heterocycles. The minimum atomic E-state index is -0.728. The van der Waals surface area contributed by atoms with Gasteiger partial charge in [-0.05, 0) is 39.5 Å². The van der Waals surface area contributed by atoms with Gasteiger partial charge in [0.1, 0.15) is 5.60 Å². The van der Waals surface area contributed by atoms with E-state index in [4.69, 9.17) is 9.57 Å². The maximum atomic E-state index is 11.7. The van der Waals surface area contributed by atoms with E-state index in [1.54, 1.807) is 6.92 Å². The first-order chi connectivity index (χ1) is 9.52. The number of halogens is 1. The summed E-state index contributed by atoms with van der Waals surface area (Å²) in [5.41, 5.74) is -0.671. The van der Waals surface area contributed by atoms with E-state index in [-0.39, 0.29) is 17.6 Å². The Bertz CT molecular complexity index is 373. The first-order valence-electron chi connectivity index (χ1n) is 7.05. The largest absolute Gasteiger partial charge is 0.461 e. The van der Waals surface area contributed by atoms with Crippen LogP contribution >= 0.6 is 15.9 Å². The van der Waals surface area contributed by atoms with E-state index in [2.05, 4.69) is 21.1 Å². The van der Waals surface area contributed by atoms with Crippen molar-refractivity contribution in [1.29, 1.82) is 0 Å². The van der Waals surface area contributed by atoms with Gasteiger partial charge in [-0.1, -0.05) is 33.9 Å². The smallest absolute Gasteiger partial charge is 0.364 e. The van der Waals surface area contributed by atoms with Gasteiger partial charge in [0, 0.05) is 0 Å². The molecule has 0 amide bonds. The van der Waals surface area contributed by atoms with Crippen LogP contribution in [0.15, 0.2) is 5.16 Å². The lowest BCUT2D eigenvalue weighted by atomic mass is 9.97. The number of ketones is 1. The van der Waals surface area contributed by atoms with Crippen LogP contribution in [0.25, 0.3) is 0 Å². The lowest BCUT2D eigenvalue weighted by Crippen LogP contribution is -2.31. The zero-order valence-electron chi connectivity index (χ0n) is 12.1. The summed E-state index contributed by atoms with van der Waals surface area (Å²) >= 11 is 3.03. The number of nitrogens with zero attached hydrogens (tertiary/aromatic N) is 1. The Kier molecular flexibility index (Phi) is 7.19. The number of hydrogen-bond donors (Lipinski definition) is 0. The van der Waals surface area contributed by atoms with Gasteiger partial charge in [-0.15, -0.1) is 0 Å². The van der Waals surface area contributed by atoms with E-state index < -0.39 is 17.4 Å². The number of oxime groups is 1. The lowest BCUT2D eigenvalue weighted by Gasteiger charge is -2.25. The molecule has 0 radical (unpaired) electrons. The molecule has 0 bridgehead atoms. The molecule has 6 heteroatoms. The van der Waals surface area contributed by atoms with Crippen molar-refractivity contribution in [2.45, 2.75) is 58.0 Å². The molecule has 0 aromatic heterocycles. The summed E-state index contributed by atoms with van der Waals surface area (Å²) in [4.78, 5) is 29.0. The van der Waals surface area contributed by atoms with Crippen LogP contribution < -0.4 is 0 Å². The number of hydrogen-bond acceptors (Lipinski definition) is 5. The molecule has 114 valence electrons. The molecule has 1 aliphatic rings. The average molecular weight is 348 g/mol. The topological polar surface area (TPSA) is 65.0 Å². The Hall–Kier alpha value is -0.910. The highest BCUT2D eigenvalue weighted by Gasteiger charge is 2.30. The molecular formula is C14H22BrNO4. The molecule has 0 aromatic rings. The number of Topliss-reactive ketones (excluding diaryl/α,β-unsaturated/α-hetero) is 1. The number of rotatable bonds is 6. The van der Waals surface area contributed by atoms with Crippen LogP contribution in [-0.2, 0) is 19.2 Å². The maximum absolute atomic E-state index is 11.7. The van der Waals surface area contributed by atoms with E-state index in [1.165, 1.54) is 12.8 Å². The van der Waals surface area contributed by atoms with Gasteiger partial charge in [0.15, 0.2) is 0 Å².